The van der Waals surface area contributed by atoms with Gasteiger partial charge in [0.05, 0.1) is 19.8 Å². The second-order valence-electron chi connectivity index (χ2n) is 8.50. The number of aliphatic hydroxyl groups excluding tert-OH is 1. The Balaban J connectivity index is 1.38. The van der Waals surface area contributed by atoms with Crippen molar-refractivity contribution in [2.75, 3.05) is 27.3 Å². The highest BCUT2D eigenvalue weighted by atomic mass is 16.5. The molecule has 2 unspecified atom stereocenters. The highest BCUT2D eigenvalue weighted by Crippen LogP contribution is 2.47. The highest BCUT2D eigenvalue weighted by molar-refractivity contribution is 5.51. The van der Waals surface area contributed by atoms with Gasteiger partial charge in [-0.05, 0) is 67.1 Å². The van der Waals surface area contributed by atoms with Crippen molar-refractivity contribution in [2.45, 2.75) is 43.9 Å². The summed E-state index contributed by atoms with van der Waals surface area (Å²) in [6.07, 6.45) is 2.27. The molecule has 5 heteroatoms. The maximum absolute atomic E-state index is 11.3. The maximum Gasteiger partial charge on any atom is 0.161 e. The Morgan fingerprint density at radius 3 is 2.34 bits per heavy atom. The lowest BCUT2D eigenvalue weighted by atomic mass is 9.81. The van der Waals surface area contributed by atoms with Crippen LogP contribution in [-0.4, -0.2) is 48.0 Å². The molecule has 0 amide bonds. The van der Waals surface area contributed by atoms with Gasteiger partial charge in [-0.25, -0.2) is 0 Å². The molecule has 0 aromatic heterocycles. The standard InChI is InChI=1S/C24H31NO4/c1-28-21-12-19-15-24(27,23(26)20(19)13-22(21)29-2)14-17-8-10-25(11-9-17)16-18-6-4-3-5-7-18/h3-7,12-13,17,23,26-27H,8-11,14-16H2,1-2H3. The van der Waals surface area contributed by atoms with Crippen molar-refractivity contribution in [2.24, 2.45) is 5.92 Å². The SMILES string of the molecule is COc1cc2c(cc1OC)C(O)C(O)(CC1CCN(Cc3ccccc3)CC1)C2. The molecule has 0 bridgehead atoms. The molecule has 2 N–H and O–H groups in total. The number of rotatable bonds is 6. The van der Waals surface area contributed by atoms with Gasteiger partial charge in [-0.2, -0.15) is 0 Å². The number of piperidine rings is 1. The summed E-state index contributed by atoms with van der Waals surface area (Å²) in [6, 6.07) is 14.2. The summed E-state index contributed by atoms with van der Waals surface area (Å²) in [6.45, 7) is 3.03. The zero-order valence-corrected chi connectivity index (χ0v) is 17.3. The van der Waals surface area contributed by atoms with Crippen molar-refractivity contribution in [3.63, 3.8) is 0 Å². The topological polar surface area (TPSA) is 62.2 Å². The fraction of sp³-hybridized carbons (Fsp3) is 0.500. The Labute approximate surface area is 172 Å². The first-order chi connectivity index (χ1) is 14.0. The van der Waals surface area contributed by atoms with Crippen LogP contribution < -0.4 is 9.47 Å². The van der Waals surface area contributed by atoms with Gasteiger partial charge >= 0.3 is 0 Å². The molecule has 2 atom stereocenters. The van der Waals surface area contributed by atoms with Crippen LogP contribution >= 0.6 is 0 Å². The Kier molecular flexibility index (Phi) is 5.81. The number of aliphatic hydroxyl groups is 2. The maximum atomic E-state index is 11.3. The van der Waals surface area contributed by atoms with E-state index in [-0.39, 0.29) is 0 Å². The van der Waals surface area contributed by atoms with Gasteiger partial charge in [-0.15, -0.1) is 0 Å². The van der Waals surface area contributed by atoms with Crippen LogP contribution in [0.3, 0.4) is 0 Å². The number of hydrogen-bond acceptors (Lipinski definition) is 5. The quantitative estimate of drug-likeness (QED) is 0.783. The van der Waals surface area contributed by atoms with Crippen LogP contribution in [0.25, 0.3) is 0 Å². The number of hydrogen-bond donors (Lipinski definition) is 2. The van der Waals surface area contributed by atoms with Crippen LogP contribution in [0.5, 0.6) is 11.5 Å². The van der Waals surface area contributed by atoms with Gasteiger partial charge in [-0.1, -0.05) is 30.3 Å². The number of ether oxygens (including phenoxy) is 2. The molecule has 156 valence electrons. The Hall–Kier alpha value is -2.08. The average molecular weight is 398 g/mol. The van der Waals surface area contributed by atoms with E-state index in [0.29, 0.717) is 30.3 Å². The van der Waals surface area contributed by atoms with Crippen LogP contribution in [-0.2, 0) is 13.0 Å². The number of methoxy groups -OCH3 is 2. The lowest BCUT2D eigenvalue weighted by Gasteiger charge is -2.36. The molecule has 1 saturated heterocycles. The summed E-state index contributed by atoms with van der Waals surface area (Å²) in [5, 5.41) is 22.2. The Morgan fingerprint density at radius 2 is 1.69 bits per heavy atom. The Bertz CT molecular complexity index is 832. The van der Waals surface area contributed by atoms with E-state index < -0.39 is 11.7 Å². The van der Waals surface area contributed by atoms with E-state index in [9.17, 15) is 10.2 Å². The first-order valence-corrected chi connectivity index (χ1v) is 10.4. The van der Waals surface area contributed by atoms with Crippen LogP contribution in [0.1, 0.15) is 42.1 Å². The molecule has 1 fully saturated rings. The Morgan fingerprint density at radius 1 is 1.03 bits per heavy atom. The molecule has 0 spiro atoms. The third kappa shape index (κ3) is 4.13. The van der Waals surface area contributed by atoms with Crippen molar-refractivity contribution >= 4 is 0 Å². The second kappa shape index (κ2) is 8.34. The normalized spacial score (nSPS) is 25.0. The van der Waals surface area contributed by atoms with Gasteiger partial charge in [0.1, 0.15) is 6.10 Å². The van der Waals surface area contributed by atoms with E-state index in [1.165, 1.54) is 5.56 Å². The molecule has 29 heavy (non-hydrogen) atoms. The van der Waals surface area contributed by atoms with Crippen molar-refractivity contribution < 1.29 is 19.7 Å². The molecule has 5 nitrogen and oxygen atoms in total. The second-order valence-corrected chi connectivity index (χ2v) is 8.50. The van der Waals surface area contributed by atoms with E-state index in [0.717, 1.165) is 43.6 Å². The summed E-state index contributed by atoms with van der Waals surface area (Å²) >= 11 is 0. The van der Waals surface area contributed by atoms with Gasteiger partial charge in [0.15, 0.2) is 11.5 Å². The van der Waals surface area contributed by atoms with E-state index in [4.69, 9.17) is 9.47 Å². The lowest BCUT2D eigenvalue weighted by molar-refractivity contribution is -0.0834. The van der Waals surface area contributed by atoms with Crippen LogP contribution in [0.4, 0.5) is 0 Å². The molecule has 1 aliphatic heterocycles. The monoisotopic (exact) mass is 397 g/mol. The number of fused-ring (bicyclic) bond motifs is 1. The highest BCUT2D eigenvalue weighted by Gasteiger charge is 2.46. The van der Waals surface area contributed by atoms with Crippen LogP contribution in [0.2, 0.25) is 0 Å². The van der Waals surface area contributed by atoms with Gasteiger partial charge in [0, 0.05) is 13.0 Å². The van der Waals surface area contributed by atoms with Gasteiger partial charge in [0.2, 0.25) is 0 Å². The number of nitrogens with zero attached hydrogens (tertiary/aromatic N) is 1. The summed E-state index contributed by atoms with van der Waals surface area (Å²) in [7, 11) is 3.19. The number of likely N-dealkylation sites (tertiary alicyclic amines) is 1. The van der Waals surface area contributed by atoms with Crippen LogP contribution in [0.15, 0.2) is 42.5 Å². The van der Waals surface area contributed by atoms with E-state index in [2.05, 4.69) is 29.2 Å². The van der Waals surface area contributed by atoms with Crippen molar-refractivity contribution in [3.05, 3.63) is 59.2 Å². The number of benzene rings is 2. The first kappa shape index (κ1) is 20.2. The molecule has 4 rings (SSSR count). The zero-order valence-electron chi connectivity index (χ0n) is 17.3. The molecular formula is C24H31NO4. The summed E-state index contributed by atoms with van der Waals surface area (Å²) in [4.78, 5) is 2.48. The van der Waals surface area contributed by atoms with Crippen molar-refractivity contribution in [3.8, 4) is 11.5 Å². The van der Waals surface area contributed by atoms with Gasteiger partial charge in [-0.3, -0.25) is 4.90 Å². The van der Waals surface area contributed by atoms with Gasteiger partial charge < -0.3 is 19.7 Å². The summed E-state index contributed by atoms with van der Waals surface area (Å²) in [5.41, 5.74) is 1.92. The third-order valence-corrected chi connectivity index (χ3v) is 6.54. The average Bonchev–Trinajstić information content (AvgIpc) is 2.98. The zero-order chi connectivity index (χ0) is 20.4. The third-order valence-electron chi connectivity index (χ3n) is 6.54. The molecular weight excluding hydrogens is 366 g/mol. The van der Waals surface area contributed by atoms with Crippen molar-refractivity contribution in [1.82, 2.24) is 4.90 Å². The molecule has 2 aromatic rings. The van der Waals surface area contributed by atoms with E-state index in [1.54, 1.807) is 20.3 Å². The van der Waals surface area contributed by atoms with E-state index in [1.807, 2.05) is 12.1 Å². The summed E-state index contributed by atoms with van der Waals surface area (Å²) < 4.78 is 10.7. The fourth-order valence-electron chi connectivity index (χ4n) is 4.93. The largest absolute Gasteiger partial charge is 0.493 e. The molecule has 2 aromatic carbocycles. The molecule has 1 aliphatic carbocycles. The predicted octanol–water partition coefficient (Wildman–Crippen LogP) is 3.33. The van der Waals surface area contributed by atoms with Crippen molar-refractivity contribution in [1.29, 1.82) is 0 Å². The smallest absolute Gasteiger partial charge is 0.161 e. The molecule has 0 saturated carbocycles. The molecule has 0 radical (unpaired) electrons. The molecule has 1 heterocycles. The van der Waals surface area contributed by atoms with Gasteiger partial charge in [0.25, 0.3) is 0 Å². The minimum Gasteiger partial charge on any atom is -0.493 e. The summed E-state index contributed by atoms with van der Waals surface area (Å²) in [5.74, 6) is 1.64. The van der Waals surface area contributed by atoms with Crippen LogP contribution in [0, 0.1) is 5.92 Å². The fourth-order valence-corrected chi connectivity index (χ4v) is 4.93. The predicted molar refractivity (Wildman–Crippen MR) is 112 cm³/mol. The minimum atomic E-state index is -1.12. The lowest BCUT2D eigenvalue weighted by Crippen LogP contribution is -2.40. The first-order valence-electron chi connectivity index (χ1n) is 10.4. The molecule has 2 aliphatic rings. The van der Waals surface area contributed by atoms with E-state index >= 15 is 0 Å². The minimum absolute atomic E-state index is 0.416.